The Morgan fingerprint density at radius 3 is 1.57 bits per heavy atom. The number of benzene rings is 2. The molecule has 2 N–H and O–H groups in total. The topological polar surface area (TPSA) is 143 Å². The number of carboxylic acids is 2. The van der Waals surface area contributed by atoms with Gasteiger partial charge in [-0.2, -0.15) is 0 Å². The molecule has 2 heterocycles. The standard InChI is InChI=1S/C31H38N2O9/c1-18-8-21-14-32(28(34)9-19(2)30(36)37)15-22(21)11-25(18)41-6-5-7-42-27-13-24-17-33(16-23(24)12-26(27)40-4)29(35)10-20(3)31(38)39/h8,11-13,19-20H,5-7,9-10,14-17H2,1-4H3,(H,36,37)(H,38,39). The zero-order valence-electron chi connectivity index (χ0n) is 24.5. The van der Waals surface area contributed by atoms with E-state index in [1.54, 1.807) is 16.9 Å². The minimum atomic E-state index is -0.990. The second-order valence-electron chi connectivity index (χ2n) is 11.1. The van der Waals surface area contributed by atoms with Crippen molar-refractivity contribution in [2.24, 2.45) is 11.8 Å². The van der Waals surface area contributed by atoms with Gasteiger partial charge >= 0.3 is 11.9 Å². The van der Waals surface area contributed by atoms with Crippen molar-refractivity contribution in [2.45, 2.75) is 66.2 Å². The predicted molar refractivity (Wildman–Crippen MR) is 151 cm³/mol. The second kappa shape index (κ2) is 13.1. The van der Waals surface area contributed by atoms with Gasteiger partial charge in [-0.05, 0) is 52.9 Å². The molecule has 0 saturated heterocycles. The Labute approximate surface area is 245 Å². The van der Waals surface area contributed by atoms with Crippen LogP contribution in [-0.4, -0.2) is 64.1 Å². The normalized spacial score (nSPS) is 15.0. The van der Waals surface area contributed by atoms with Crippen LogP contribution < -0.4 is 14.2 Å². The monoisotopic (exact) mass is 582 g/mol. The van der Waals surface area contributed by atoms with Crippen molar-refractivity contribution in [2.75, 3.05) is 20.3 Å². The molecule has 2 amide bonds. The summed E-state index contributed by atoms with van der Waals surface area (Å²) in [6.45, 7) is 7.49. The van der Waals surface area contributed by atoms with E-state index in [2.05, 4.69) is 0 Å². The van der Waals surface area contributed by atoms with Gasteiger partial charge in [-0.15, -0.1) is 0 Å². The number of amides is 2. The van der Waals surface area contributed by atoms with Crippen molar-refractivity contribution in [3.63, 3.8) is 0 Å². The molecule has 0 bridgehead atoms. The summed E-state index contributed by atoms with van der Waals surface area (Å²) in [6.07, 6.45) is 0.533. The molecule has 2 aromatic carbocycles. The quantitative estimate of drug-likeness (QED) is 0.338. The summed E-state index contributed by atoms with van der Waals surface area (Å²) in [5, 5.41) is 18.2. The van der Waals surface area contributed by atoms with Crippen LogP contribution in [0, 0.1) is 18.8 Å². The lowest BCUT2D eigenvalue weighted by Gasteiger charge is -2.16. The molecule has 11 nitrogen and oxygen atoms in total. The fourth-order valence-corrected chi connectivity index (χ4v) is 5.12. The molecule has 0 aliphatic carbocycles. The highest BCUT2D eigenvalue weighted by molar-refractivity contribution is 5.83. The summed E-state index contributed by atoms with van der Waals surface area (Å²) >= 11 is 0. The molecule has 0 saturated carbocycles. The van der Waals surface area contributed by atoms with Crippen LogP contribution in [0.5, 0.6) is 17.2 Å². The molecule has 2 aliphatic rings. The maximum atomic E-state index is 12.6. The van der Waals surface area contributed by atoms with Gasteiger partial charge in [0.2, 0.25) is 11.8 Å². The number of aliphatic carboxylic acids is 2. The van der Waals surface area contributed by atoms with E-state index in [4.69, 9.17) is 24.4 Å². The Kier molecular flexibility index (Phi) is 9.59. The van der Waals surface area contributed by atoms with Gasteiger partial charge in [0.1, 0.15) is 5.75 Å². The lowest BCUT2D eigenvalue weighted by atomic mass is 10.1. The van der Waals surface area contributed by atoms with E-state index in [9.17, 15) is 19.2 Å². The predicted octanol–water partition coefficient (Wildman–Crippen LogP) is 3.76. The molecular formula is C31H38N2O9. The largest absolute Gasteiger partial charge is 0.493 e. The SMILES string of the molecule is COc1cc2c(cc1OCCCOc1cc3c(cc1C)CN(C(=O)CC(C)C(=O)O)C3)CN(C(=O)CC(C)C(=O)O)C2. The van der Waals surface area contributed by atoms with Gasteiger partial charge in [0.15, 0.2) is 11.5 Å². The van der Waals surface area contributed by atoms with Gasteiger partial charge in [-0.3, -0.25) is 19.2 Å². The highest BCUT2D eigenvalue weighted by atomic mass is 16.5. The molecule has 4 rings (SSSR count). The number of carbonyl (C=O) groups excluding carboxylic acids is 2. The summed E-state index contributed by atoms with van der Waals surface area (Å²) in [5.41, 5.74) is 4.88. The van der Waals surface area contributed by atoms with Gasteiger partial charge in [0.05, 0.1) is 32.2 Å². The third-order valence-corrected chi connectivity index (χ3v) is 7.74. The molecule has 0 aromatic heterocycles. The Bertz CT molecular complexity index is 1370. The van der Waals surface area contributed by atoms with E-state index in [-0.39, 0.29) is 24.7 Å². The molecular weight excluding hydrogens is 544 g/mol. The van der Waals surface area contributed by atoms with Crippen molar-refractivity contribution >= 4 is 23.8 Å². The first-order valence-electron chi connectivity index (χ1n) is 14.1. The average Bonchev–Trinajstić information content (AvgIpc) is 3.55. The van der Waals surface area contributed by atoms with Crippen LogP contribution in [-0.2, 0) is 45.4 Å². The number of ether oxygens (including phenoxy) is 3. The van der Waals surface area contributed by atoms with Crippen molar-refractivity contribution in [3.05, 3.63) is 52.1 Å². The minimum Gasteiger partial charge on any atom is -0.493 e. The minimum absolute atomic E-state index is 0.0247. The van der Waals surface area contributed by atoms with Crippen LogP contribution in [0.25, 0.3) is 0 Å². The lowest BCUT2D eigenvalue weighted by Crippen LogP contribution is -2.28. The Morgan fingerprint density at radius 1 is 0.714 bits per heavy atom. The molecule has 42 heavy (non-hydrogen) atoms. The van der Waals surface area contributed by atoms with Crippen molar-refractivity contribution < 1.29 is 43.6 Å². The van der Waals surface area contributed by atoms with Crippen LogP contribution in [0.3, 0.4) is 0 Å². The molecule has 2 unspecified atom stereocenters. The number of hydrogen-bond acceptors (Lipinski definition) is 7. The zero-order valence-corrected chi connectivity index (χ0v) is 24.5. The number of hydrogen-bond donors (Lipinski definition) is 2. The Hall–Kier alpha value is -4.28. The molecule has 0 radical (unpaired) electrons. The van der Waals surface area contributed by atoms with E-state index < -0.39 is 23.8 Å². The van der Waals surface area contributed by atoms with E-state index >= 15 is 0 Å². The third kappa shape index (κ3) is 7.13. The average molecular weight is 583 g/mol. The lowest BCUT2D eigenvalue weighted by molar-refractivity contribution is -0.145. The van der Waals surface area contributed by atoms with E-state index in [0.29, 0.717) is 57.3 Å². The number of carbonyl (C=O) groups is 4. The number of fused-ring (bicyclic) bond motifs is 2. The number of carboxylic acid groups (broad SMARTS) is 2. The Morgan fingerprint density at radius 2 is 1.12 bits per heavy atom. The third-order valence-electron chi connectivity index (χ3n) is 7.74. The molecule has 226 valence electrons. The highest BCUT2D eigenvalue weighted by Gasteiger charge is 2.29. The smallest absolute Gasteiger partial charge is 0.306 e. The summed E-state index contributed by atoms with van der Waals surface area (Å²) in [7, 11) is 1.56. The maximum Gasteiger partial charge on any atom is 0.306 e. The first kappa shape index (κ1) is 30.7. The van der Waals surface area contributed by atoms with E-state index in [0.717, 1.165) is 33.6 Å². The summed E-state index contributed by atoms with van der Waals surface area (Å²) in [5.74, 6) is -1.94. The highest BCUT2D eigenvalue weighted by Crippen LogP contribution is 2.36. The molecule has 11 heteroatoms. The van der Waals surface area contributed by atoms with Crippen LogP contribution in [0.2, 0.25) is 0 Å². The summed E-state index contributed by atoms with van der Waals surface area (Å²) < 4.78 is 17.5. The fourth-order valence-electron chi connectivity index (χ4n) is 5.12. The van der Waals surface area contributed by atoms with Crippen LogP contribution in [0.1, 0.15) is 60.9 Å². The molecule has 2 aromatic rings. The summed E-state index contributed by atoms with van der Waals surface area (Å²) in [6, 6.07) is 7.70. The van der Waals surface area contributed by atoms with E-state index in [1.165, 1.54) is 13.8 Å². The van der Waals surface area contributed by atoms with Gasteiger partial charge in [0, 0.05) is 45.4 Å². The van der Waals surface area contributed by atoms with E-state index in [1.807, 2.05) is 31.2 Å². The van der Waals surface area contributed by atoms with Crippen molar-refractivity contribution in [1.29, 1.82) is 0 Å². The van der Waals surface area contributed by atoms with Crippen molar-refractivity contribution in [3.8, 4) is 17.2 Å². The number of aryl methyl sites for hydroxylation is 1. The molecule has 2 aliphatic heterocycles. The first-order chi connectivity index (χ1) is 20.0. The van der Waals surface area contributed by atoms with Crippen molar-refractivity contribution in [1.82, 2.24) is 9.80 Å². The number of rotatable bonds is 13. The fraction of sp³-hybridized carbons (Fsp3) is 0.484. The van der Waals surface area contributed by atoms with Gasteiger partial charge in [-0.1, -0.05) is 19.9 Å². The molecule has 0 fully saturated rings. The molecule has 0 spiro atoms. The second-order valence-corrected chi connectivity index (χ2v) is 11.1. The molecule has 2 atom stereocenters. The summed E-state index contributed by atoms with van der Waals surface area (Å²) in [4.78, 5) is 50.7. The zero-order chi connectivity index (χ0) is 30.6. The van der Waals surface area contributed by atoms with Gasteiger partial charge in [-0.25, -0.2) is 0 Å². The number of methoxy groups -OCH3 is 1. The first-order valence-corrected chi connectivity index (χ1v) is 14.1. The Balaban J connectivity index is 1.27. The van der Waals surface area contributed by atoms with Gasteiger partial charge < -0.3 is 34.2 Å². The van der Waals surface area contributed by atoms with Crippen LogP contribution in [0.15, 0.2) is 24.3 Å². The van der Waals surface area contributed by atoms with Gasteiger partial charge in [0.25, 0.3) is 0 Å². The van der Waals surface area contributed by atoms with Crippen LogP contribution in [0.4, 0.5) is 0 Å². The number of nitrogens with zero attached hydrogens (tertiary/aromatic N) is 2. The maximum absolute atomic E-state index is 12.6. The van der Waals surface area contributed by atoms with Crippen LogP contribution >= 0.6 is 0 Å².